The monoisotopic (exact) mass is 268 g/mol. The molecule has 0 saturated heterocycles. The van der Waals surface area contributed by atoms with E-state index in [1.807, 2.05) is 20.8 Å². The molecule has 2 rings (SSSR count). The summed E-state index contributed by atoms with van der Waals surface area (Å²) in [6, 6.07) is 0.315. The van der Waals surface area contributed by atoms with Crippen molar-refractivity contribution in [1.29, 1.82) is 0 Å². The lowest BCUT2D eigenvalue weighted by atomic mass is 9.65. The summed E-state index contributed by atoms with van der Waals surface area (Å²) in [6.07, 6.45) is 0.346. The molecule has 2 atom stereocenters. The van der Waals surface area contributed by atoms with Gasteiger partial charge >= 0.3 is 6.01 Å². The fourth-order valence-corrected chi connectivity index (χ4v) is 1.98. The maximum absolute atomic E-state index is 9.71. The highest BCUT2D eigenvalue weighted by Gasteiger charge is 2.47. The van der Waals surface area contributed by atoms with Gasteiger partial charge in [-0.05, 0) is 13.3 Å². The topological polar surface area (TPSA) is 118 Å². The molecule has 8 nitrogen and oxygen atoms in total. The first kappa shape index (κ1) is 13.8. The standard InChI is InChI=1S/C11H20N6O2/c1-4-19-10-15-8(14-9(16-10)17-12)13-6-5-7(18)11(6,2)3/h6-7,18H,4-5,12H2,1-3H3,(H2,13,14,15,16,17). The van der Waals surface area contributed by atoms with Gasteiger partial charge in [0.05, 0.1) is 12.7 Å². The summed E-state index contributed by atoms with van der Waals surface area (Å²) < 4.78 is 5.25. The fourth-order valence-electron chi connectivity index (χ4n) is 1.98. The van der Waals surface area contributed by atoms with E-state index < -0.39 is 0 Å². The first-order valence-corrected chi connectivity index (χ1v) is 6.27. The normalized spacial score (nSPS) is 24.5. The van der Waals surface area contributed by atoms with Gasteiger partial charge in [0, 0.05) is 11.5 Å². The van der Waals surface area contributed by atoms with Crippen LogP contribution in [0.3, 0.4) is 0 Å². The molecule has 1 aromatic rings. The van der Waals surface area contributed by atoms with Gasteiger partial charge in [-0.25, -0.2) is 5.84 Å². The highest BCUT2D eigenvalue weighted by molar-refractivity contribution is 5.37. The van der Waals surface area contributed by atoms with Crippen molar-refractivity contribution in [1.82, 2.24) is 15.0 Å². The third-order valence-corrected chi connectivity index (χ3v) is 3.54. The van der Waals surface area contributed by atoms with Crippen LogP contribution in [0.4, 0.5) is 11.9 Å². The molecule has 106 valence electrons. The molecule has 0 radical (unpaired) electrons. The molecule has 1 saturated carbocycles. The number of hydrogen-bond acceptors (Lipinski definition) is 8. The van der Waals surface area contributed by atoms with Crippen LogP contribution in [0.15, 0.2) is 0 Å². The van der Waals surface area contributed by atoms with Crippen molar-refractivity contribution >= 4 is 11.9 Å². The van der Waals surface area contributed by atoms with Crippen molar-refractivity contribution in [3.05, 3.63) is 0 Å². The lowest BCUT2D eigenvalue weighted by Gasteiger charge is -2.49. The van der Waals surface area contributed by atoms with Gasteiger partial charge in [0.25, 0.3) is 0 Å². The molecule has 8 heteroatoms. The summed E-state index contributed by atoms with van der Waals surface area (Å²) in [7, 11) is 0. The van der Waals surface area contributed by atoms with E-state index in [-0.39, 0.29) is 29.5 Å². The zero-order chi connectivity index (χ0) is 14.0. The van der Waals surface area contributed by atoms with Crippen LogP contribution in [0, 0.1) is 5.41 Å². The van der Waals surface area contributed by atoms with Gasteiger partial charge in [0.2, 0.25) is 11.9 Å². The molecule has 1 aliphatic carbocycles. The minimum Gasteiger partial charge on any atom is -0.464 e. The van der Waals surface area contributed by atoms with Crippen LogP contribution < -0.4 is 21.3 Å². The number of anilines is 2. The fraction of sp³-hybridized carbons (Fsp3) is 0.727. The third-order valence-electron chi connectivity index (χ3n) is 3.54. The molecule has 1 aliphatic rings. The van der Waals surface area contributed by atoms with E-state index in [0.717, 1.165) is 0 Å². The van der Waals surface area contributed by atoms with Crippen LogP contribution in [0.1, 0.15) is 27.2 Å². The molecule has 0 spiro atoms. The molecular formula is C11H20N6O2. The van der Waals surface area contributed by atoms with E-state index in [4.69, 9.17) is 10.6 Å². The van der Waals surface area contributed by atoms with E-state index in [0.29, 0.717) is 19.0 Å². The highest BCUT2D eigenvalue weighted by Crippen LogP contribution is 2.41. The van der Waals surface area contributed by atoms with E-state index in [2.05, 4.69) is 25.7 Å². The summed E-state index contributed by atoms with van der Waals surface area (Å²) in [5.41, 5.74) is 2.16. The molecular weight excluding hydrogens is 248 g/mol. The van der Waals surface area contributed by atoms with Crippen molar-refractivity contribution in [2.75, 3.05) is 17.3 Å². The van der Waals surface area contributed by atoms with Crippen molar-refractivity contribution in [2.45, 2.75) is 39.3 Å². The van der Waals surface area contributed by atoms with Gasteiger partial charge in [-0.1, -0.05) is 13.8 Å². The summed E-state index contributed by atoms with van der Waals surface area (Å²) in [6.45, 7) is 6.29. The Labute approximate surface area is 111 Å². The Morgan fingerprint density at radius 3 is 2.58 bits per heavy atom. The maximum Gasteiger partial charge on any atom is 0.323 e. The Morgan fingerprint density at radius 1 is 1.37 bits per heavy atom. The molecule has 0 amide bonds. The average Bonchev–Trinajstić information content (AvgIpc) is 2.38. The van der Waals surface area contributed by atoms with Gasteiger partial charge in [0.1, 0.15) is 0 Å². The number of aliphatic hydroxyl groups excluding tert-OH is 1. The number of aliphatic hydroxyl groups is 1. The molecule has 1 fully saturated rings. The first-order valence-electron chi connectivity index (χ1n) is 6.27. The number of nitrogen functional groups attached to an aromatic ring is 1. The van der Waals surface area contributed by atoms with Crippen molar-refractivity contribution in [3.63, 3.8) is 0 Å². The second-order valence-electron chi connectivity index (χ2n) is 5.11. The predicted octanol–water partition coefficient (Wildman–Crippen LogP) is 0.127. The predicted molar refractivity (Wildman–Crippen MR) is 70.6 cm³/mol. The van der Waals surface area contributed by atoms with Crippen LogP contribution in [0.2, 0.25) is 0 Å². The Bertz CT molecular complexity index is 453. The van der Waals surface area contributed by atoms with Gasteiger partial charge in [-0.2, -0.15) is 15.0 Å². The largest absolute Gasteiger partial charge is 0.464 e. The van der Waals surface area contributed by atoms with Gasteiger partial charge in [-0.3, -0.25) is 5.43 Å². The molecule has 5 N–H and O–H groups in total. The summed E-state index contributed by atoms with van der Waals surface area (Å²) in [5.74, 6) is 5.93. The number of nitrogens with one attached hydrogen (secondary N) is 2. The van der Waals surface area contributed by atoms with Crippen LogP contribution in [0.25, 0.3) is 0 Å². The summed E-state index contributed by atoms with van der Waals surface area (Å²) >= 11 is 0. The number of hydrogen-bond donors (Lipinski definition) is 4. The van der Waals surface area contributed by atoms with Crippen LogP contribution in [0.5, 0.6) is 6.01 Å². The minimum absolute atomic E-state index is 0.102. The summed E-state index contributed by atoms with van der Waals surface area (Å²) in [4.78, 5) is 12.2. The van der Waals surface area contributed by atoms with E-state index in [1.165, 1.54) is 0 Å². The smallest absolute Gasteiger partial charge is 0.323 e. The third kappa shape index (κ3) is 2.69. The SMILES string of the molecule is CCOc1nc(NN)nc(NC2CC(O)C2(C)C)n1. The lowest BCUT2D eigenvalue weighted by Crippen LogP contribution is -2.57. The van der Waals surface area contributed by atoms with E-state index in [9.17, 15) is 5.11 Å². The number of aromatic nitrogens is 3. The average molecular weight is 268 g/mol. The number of nitrogens with two attached hydrogens (primary N) is 1. The molecule has 1 heterocycles. The van der Waals surface area contributed by atoms with Crippen molar-refractivity contribution in [3.8, 4) is 6.01 Å². The van der Waals surface area contributed by atoms with Crippen molar-refractivity contribution in [2.24, 2.45) is 11.3 Å². The van der Waals surface area contributed by atoms with Gasteiger partial charge in [0.15, 0.2) is 0 Å². The van der Waals surface area contributed by atoms with Crippen LogP contribution in [-0.2, 0) is 0 Å². The van der Waals surface area contributed by atoms with Crippen molar-refractivity contribution < 1.29 is 9.84 Å². The minimum atomic E-state index is -0.315. The van der Waals surface area contributed by atoms with E-state index in [1.54, 1.807) is 0 Å². The summed E-state index contributed by atoms with van der Waals surface area (Å²) in [5, 5.41) is 12.9. The molecule has 19 heavy (non-hydrogen) atoms. The number of rotatable bonds is 5. The number of hydrazine groups is 1. The lowest BCUT2D eigenvalue weighted by molar-refractivity contribution is -0.0513. The number of ether oxygens (including phenoxy) is 1. The molecule has 0 aromatic carbocycles. The van der Waals surface area contributed by atoms with Crippen LogP contribution >= 0.6 is 0 Å². The Kier molecular flexibility index (Phi) is 3.72. The highest BCUT2D eigenvalue weighted by atomic mass is 16.5. The Hall–Kier alpha value is -1.67. The molecule has 2 unspecified atom stereocenters. The maximum atomic E-state index is 9.71. The van der Waals surface area contributed by atoms with Gasteiger partial charge < -0.3 is 15.2 Å². The molecule has 0 aliphatic heterocycles. The second kappa shape index (κ2) is 5.14. The second-order valence-corrected chi connectivity index (χ2v) is 5.11. The number of nitrogens with zero attached hydrogens (tertiary/aromatic N) is 3. The Morgan fingerprint density at radius 2 is 2.05 bits per heavy atom. The quantitative estimate of drug-likeness (QED) is 0.439. The van der Waals surface area contributed by atoms with Gasteiger partial charge in [-0.15, -0.1) is 0 Å². The zero-order valence-electron chi connectivity index (χ0n) is 11.3. The van der Waals surface area contributed by atoms with Crippen LogP contribution in [-0.4, -0.2) is 38.8 Å². The Balaban J connectivity index is 2.13. The zero-order valence-corrected chi connectivity index (χ0v) is 11.3. The van der Waals surface area contributed by atoms with E-state index >= 15 is 0 Å². The first-order chi connectivity index (χ1) is 8.97. The molecule has 1 aromatic heterocycles. The molecule has 0 bridgehead atoms.